The first kappa shape index (κ1) is 12.3. The molecule has 0 saturated carbocycles. The third-order valence-electron chi connectivity index (χ3n) is 2.50. The second kappa shape index (κ2) is 5.00. The molecule has 0 aliphatic carbocycles. The van der Waals surface area contributed by atoms with Crippen LogP contribution in [-0.2, 0) is 6.54 Å². The van der Waals surface area contributed by atoms with Crippen molar-refractivity contribution in [3.05, 3.63) is 46.9 Å². The van der Waals surface area contributed by atoms with Gasteiger partial charge in [-0.2, -0.15) is 0 Å². The van der Waals surface area contributed by atoms with E-state index in [1.165, 1.54) is 0 Å². The normalized spacial score (nSPS) is 10.4. The van der Waals surface area contributed by atoms with Crippen molar-refractivity contribution in [2.45, 2.75) is 27.3 Å². The maximum Gasteiger partial charge on any atom is 0.273 e. The first-order chi connectivity index (χ1) is 8.56. The SMILES string of the molecule is Cc1cncc(CNC(=O)c2nc(C)oc2C)c1. The Morgan fingerprint density at radius 3 is 2.72 bits per heavy atom. The molecule has 5 nitrogen and oxygen atoms in total. The van der Waals surface area contributed by atoms with Gasteiger partial charge in [0.1, 0.15) is 5.76 Å². The molecule has 0 radical (unpaired) electrons. The predicted molar refractivity (Wildman–Crippen MR) is 66.1 cm³/mol. The molecule has 18 heavy (non-hydrogen) atoms. The van der Waals surface area contributed by atoms with E-state index < -0.39 is 0 Å². The van der Waals surface area contributed by atoms with Gasteiger partial charge in [0.25, 0.3) is 5.91 Å². The van der Waals surface area contributed by atoms with E-state index in [0.29, 0.717) is 23.9 Å². The second-order valence-electron chi connectivity index (χ2n) is 4.19. The third kappa shape index (κ3) is 2.74. The smallest absolute Gasteiger partial charge is 0.273 e. The number of aromatic nitrogens is 2. The van der Waals surface area contributed by atoms with Crippen LogP contribution < -0.4 is 5.32 Å². The minimum absolute atomic E-state index is 0.231. The summed E-state index contributed by atoms with van der Waals surface area (Å²) in [5.74, 6) is 0.799. The molecule has 1 amide bonds. The van der Waals surface area contributed by atoms with Gasteiger partial charge in [0.15, 0.2) is 11.6 Å². The van der Waals surface area contributed by atoms with Crippen LogP contribution in [0.5, 0.6) is 0 Å². The lowest BCUT2D eigenvalue weighted by Crippen LogP contribution is -2.24. The molecule has 0 aromatic carbocycles. The molecule has 0 bridgehead atoms. The van der Waals surface area contributed by atoms with E-state index in [4.69, 9.17) is 4.42 Å². The van der Waals surface area contributed by atoms with Gasteiger partial charge in [0, 0.05) is 25.9 Å². The van der Waals surface area contributed by atoms with E-state index in [9.17, 15) is 4.79 Å². The van der Waals surface area contributed by atoms with Gasteiger partial charge < -0.3 is 9.73 Å². The first-order valence-electron chi connectivity index (χ1n) is 5.69. The highest BCUT2D eigenvalue weighted by Gasteiger charge is 2.14. The van der Waals surface area contributed by atoms with Crippen LogP contribution in [0.4, 0.5) is 0 Å². The number of hydrogen-bond donors (Lipinski definition) is 1. The Hall–Kier alpha value is -2.17. The number of pyridine rings is 1. The van der Waals surface area contributed by atoms with E-state index in [-0.39, 0.29) is 5.91 Å². The Morgan fingerprint density at radius 2 is 2.11 bits per heavy atom. The molecule has 2 aromatic rings. The summed E-state index contributed by atoms with van der Waals surface area (Å²) in [7, 11) is 0. The van der Waals surface area contributed by atoms with E-state index in [2.05, 4.69) is 15.3 Å². The van der Waals surface area contributed by atoms with Gasteiger partial charge in [-0.15, -0.1) is 0 Å². The number of carbonyl (C=O) groups excluding carboxylic acids is 1. The van der Waals surface area contributed by atoms with Crippen molar-refractivity contribution in [1.29, 1.82) is 0 Å². The molecule has 0 fully saturated rings. The maximum absolute atomic E-state index is 11.9. The molecule has 94 valence electrons. The monoisotopic (exact) mass is 245 g/mol. The molecule has 2 rings (SSSR count). The van der Waals surface area contributed by atoms with Crippen LogP contribution in [0.25, 0.3) is 0 Å². The van der Waals surface area contributed by atoms with Crippen LogP contribution in [0.2, 0.25) is 0 Å². The number of nitrogens with zero attached hydrogens (tertiary/aromatic N) is 2. The van der Waals surface area contributed by atoms with Crippen LogP contribution in [0.1, 0.15) is 33.3 Å². The van der Waals surface area contributed by atoms with Gasteiger partial charge in [0.2, 0.25) is 0 Å². The molecule has 5 heteroatoms. The van der Waals surface area contributed by atoms with Gasteiger partial charge in [-0.1, -0.05) is 6.07 Å². The van der Waals surface area contributed by atoms with Gasteiger partial charge >= 0.3 is 0 Å². The van der Waals surface area contributed by atoms with Crippen molar-refractivity contribution in [3.63, 3.8) is 0 Å². The zero-order valence-corrected chi connectivity index (χ0v) is 10.7. The minimum Gasteiger partial charge on any atom is -0.445 e. The zero-order valence-electron chi connectivity index (χ0n) is 10.7. The highest BCUT2D eigenvalue weighted by atomic mass is 16.4. The lowest BCUT2D eigenvalue weighted by Gasteiger charge is -2.04. The number of hydrogen-bond acceptors (Lipinski definition) is 4. The highest BCUT2D eigenvalue weighted by molar-refractivity contribution is 5.93. The molecule has 0 unspecified atom stereocenters. The molecule has 2 aromatic heterocycles. The number of aryl methyl sites for hydroxylation is 3. The largest absolute Gasteiger partial charge is 0.445 e. The molecule has 1 N–H and O–H groups in total. The average Bonchev–Trinajstić information content (AvgIpc) is 2.66. The van der Waals surface area contributed by atoms with Crippen molar-refractivity contribution in [3.8, 4) is 0 Å². The summed E-state index contributed by atoms with van der Waals surface area (Å²) in [4.78, 5) is 20.0. The second-order valence-corrected chi connectivity index (χ2v) is 4.19. The number of rotatable bonds is 3. The fraction of sp³-hybridized carbons (Fsp3) is 0.308. The van der Waals surface area contributed by atoms with E-state index in [1.54, 1.807) is 26.2 Å². The quantitative estimate of drug-likeness (QED) is 0.897. The molecule has 2 heterocycles. The highest BCUT2D eigenvalue weighted by Crippen LogP contribution is 2.09. The van der Waals surface area contributed by atoms with Crippen LogP contribution in [0.3, 0.4) is 0 Å². The Balaban J connectivity index is 2.03. The fourth-order valence-electron chi connectivity index (χ4n) is 1.72. The summed E-state index contributed by atoms with van der Waals surface area (Å²) in [6.07, 6.45) is 3.50. The summed E-state index contributed by atoms with van der Waals surface area (Å²) in [5, 5.41) is 2.80. The Kier molecular flexibility index (Phi) is 3.41. The van der Waals surface area contributed by atoms with Gasteiger partial charge in [-0.3, -0.25) is 9.78 Å². The van der Waals surface area contributed by atoms with Crippen molar-refractivity contribution in [1.82, 2.24) is 15.3 Å². The molecule has 0 spiro atoms. The van der Waals surface area contributed by atoms with E-state index in [0.717, 1.165) is 11.1 Å². The maximum atomic E-state index is 11.9. The third-order valence-corrected chi connectivity index (χ3v) is 2.50. The van der Waals surface area contributed by atoms with Gasteiger partial charge in [-0.25, -0.2) is 4.98 Å². The fourth-order valence-corrected chi connectivity index (χ4v) is 1.72. The molecule has 0 atom stereocenters. The lowest BCUT2D eigenvalue weighted by atomic mass is 10.2. The molecular formula is C13H15N3O2. The van der Waals surface area contributed by atoms with Crippen molar-refractivity contribution in [2.75, 3.05) is 0 Å². The van der Waals surface area contributed by atoms with Crippen LogP contribution in [-0.4, -0.2) is 15.9 Å². The van der Waals surface area contributed by atoms with E-state index in [1.807, 2.05) is 13.0 Å². The minimum atomic E-state index is -0.231. The topological polar surface area (TPSA) is 68.0 Å². The Morgan fingerprint density at radius 1 is 1.33 bits per heavy atom. The molecule has 0 aliphatic rings. The molecule has 0 saturated heterocycles. The summed E-state index contributed by atoms with van der Waals surface area (Å²) in [6, 6.07) is 1.98. The standard InChI is InChI=1S/C13H15N3O2/c1-8-4-11(6-14-5-8)7-15-13(17)12-9(2)18-10(3)16-12/h4-6H,7H2,1-3H3,(H,15,17). The number of carbonyl (C=O) groups is 1. The summed E-state index contributed by atoms with van der Waals surface area (Å²) in [5.41, 5.74) is 2.37. The molecule has 0 aliphatic heterocycles. The van der Waals surface area contributed by atoms with Crippen molar-refractivity contribution >= 4 is 5.91 Å². The van der Waals surface area contributed by atoms with Gasteiger partial charge in [0.05, 0.1) is 0 Å². The summed E-state index contributed by atoms with van der Waals surface area (Å²) in [6.45, 7) is 5.83. The van der Waals surface area contributed by atoms with Crippen molar-refractivity contribution < 1.29 is 9.21 Å². The first-order valence-corrected chi connectivity index (χ1v) is 5.69. The lowest BCUT2D eigenvalue weighted by molar-refractivity contribution is 0.0945. The number of oxazole rings is 1. The van der Waals surface area contributed by atoms with Crippen LogP contribution in [0.15, 0.2) is 22.9 Å². The number of amides is 1. The summed E-state index contributed by atoms with van der Waals surface area (Å²) >= 11 is 0. The van der Waals surface area contributed by atoms with E-state index >= 15 is 0 Å². The van der Waals surface area contributed by atoms with Crippen molar-refractivity contribution in [2.24, 2.45) is 0 Å². The van der Waals surface area contributed by atoms with Crippen LogP contribution >= 0.6 is 0 Å². The average molecular weight is 245 g/mol. The molecular weight excluding hydrogens is 230 g/mol. The number of nitrogens with one attached hydrogen (secondary N) is 1. The Labute approximate surface area is 105 Å². The van der Waals surface area contributed by atoms with Gasteiger partial charge in [-0.05, 0) is 25.0 Å². The summed E-state index contributed by atoms with van der Waals surface area (Å²) < 4.78 is 5.22. The zero-order chi connectivity index (χ0) is 13.1. The predicted octanol–water partition coefficient (Wildman–Crippen LogP) is 1.92. The Bertz CT molecular complexity index is 575. The van der Waals surface area contributed by atoms with Crippen LogP contribution in [0, 0.1) is 20.8 Å².